The SMILES string of the molecule is N/C(CNC(=O)Nc1ccc(F)cc1)=N/O. The predicted molar refractivity (Wildman–Crippen MR) is 56.8 cm³/mol. The van der Waals surface area contributed by atoms with Crippen LogP contribution < -0.4 is 16.4 Å². The van der Waals surface area contributed by atoms with Gasteiger partial charge in [-0.15, -0.1) is 0 Å². The molecular weight excluding hydrogens is 215 g/mol. The molecule has 0 radical (unpaired) electrons. The fraction of sp³-hybridized carbons (Fsp3) is 0.111. The number of carbonyl (C=O) groups is 1. The minimum atomic E-state index is -0.529. The Morgan fingerprint density at radius 2 is 2.06 bits per heavy atom. The molecule has 2 amide bonds. The monoisotopic (exact) mass is 226 g/mol. The van der Waals surface area contributed by atoms with E-state index in [1.165, 1.54) is 24.3 Å². The average Bonchev–Trinajstić information content (AvgIpc) is 2.29. The Labute approximate surface area is 90.9 Å². The Kier molecular flexibility index (Phi) is 4.07. The van der Waals surface area contributed by atoms with Gasteiger partial charge >= 0.3 is 6.03 Å². The third kappa shape index (κ3) is 3.82. The number of hydrogen-bond acceptors (Lipinski definition) is 3. The first-order chi connectivity index (χ1) is 7.61. The maximum Gasteiger partial charge on any atom is 0.319 e. The van der Waals surface area contributed by atoms with Crippen LogP contribution in [0.4, 0.5) is 14.9 Å². The van der Waals surface area contributed by atoms with E-state index in [1.54, 1.807) is 0 Å². The molecule has 0 aliphatic heterocycles. The molecule has 0 aliphatic rings. The fourth-order valence-electron chi connectivity index (χ4n) is 0.915. The smallest absolute Gasteiger partial charge is 0.319 e. The first-order valence-corrected chi connectivity index (χ1v) is 4.38. The molecule has 0 atom stereocenters. The number of nitrogens with two attached hydrogens (primary N) is 1. The Morgan fingerprint density at radius 1 is 1.44 bits per heavy atom. The van der Waals surface area contributed by atoms with E-state index in [9.17, 15) is 9.18 Å². The van der Waals surface area contributed by atoms with E-state index >= 15 is 0 Å². The molecule has 1 aromatic rings. The van der Waals surface area contributed by atoms with E-state index in [1.807, 2.05) is 0 Å². The third-order valence-electron chi connectivity index (χ3n) is 1.66. The van der Waals surface area contributed by atoms with E-state index < -0.39 is 6.03 Å². The minimum absolute atomic E-state index is 0.0798. The Morgan fingerprint density at radius 3 is 2.62 bits per heavy atom. The molecular formula is C9H11FN4O2. The zero-order chi connectivity index (χ0) is 12.0. The second kappa shape index (κ2) is 5.54. The summed E-state index contributed by atoms with van der Waals surface area (Å²) < 4.78 is 12.5. The number of halogens is 1. The summed E-state index contributed by atoms with van der Waals surface area (Å²) >= 11 is 0. The normalized spacial score (nSPS) is 10.9. The van der Waals surface area contributed by atoms with Crippen molar-refractivity contribution < 1.29 is 14.4 Å². The van der Waals surface area contributed by atoms with Crippen molar-refractivity contribution in [2.75, 3.05) is 11.9 Å². The summed E-state index contributed by atoms with van der Waals surface area (Å²) in [5.41, 5.74) is 5.59. The lowest BCUT2D eigenvalue weighted by Gasteiger charge is -2.06. The molecule has 1 aromatic carbocycles. The summed E-state index contributed by atoms with van der Waals surface area (Å²) in [6.07, 6.45) is 0. The molecule has 0 saturated heterocycles. The summed E-state index contributed by atoms with van der Waals surface area (Å²) in [4.78, 5) is 11.2. The molecule has 0 unspecified atom stereocenters. The molecule has 1 rings (SSSR count). The number of rotatable bonds is 3. The Hall–Kier alpha value is -2.31. The molecule has 0 fully saturated rings. The number of oxime groups is 1. The number of anilines is 1. The third-order valence-corrected chi connectivity index (χ3v) is 1.66. The van der Waals surface area contributed by atoms with E-state index in [0.717, 1.165) is 0 Å². The van der Waals surface area contributed by atoms with E-state index in [2.05, 4.69) is 15.8 Å². The van der Waals surface area contributed by atoms with Gasteiger partial charge in [-0.3, -0.25) is 0 Å². The molecule has 0 bridgehead atoms. The van der Waals surface area contributed by atoms with Crippen molar-refractivity contribution in [3.8, 4) is 0 Å². The zero-order valence-electron chi connectivity index (χ0n) is 8.27. The van der Waals surface area contributed by atoms with Crippen LogP contribution in [0.25, 0.3) is 0 Å². The van der Waals surface area contributed by atoms with E-state index in [-0.39, 0.29) is 18.2 Å². The molecule has 5 N–H and O–H groups in total. The van der Waals surface area contributed by atoms with E-state index in [4.69, 9.17) is 10.9 Å². The highest BCUT2D eigenvalue weighted by Crippen LogP contribution is 2.07. The number of nitrogens with zero attached hydrogens (tertiary/aromatic N) is 1. The molecule has 0 aliphatic carbocycles. The van der Waals surface area contributed by atoms with Crippen molar-refractivity contribution in [2.45, 2.75) is 0 Å². The van der Waals surface area contributed by atoms with Crippen LogP contribution in [-0.4, -0.2) is 23.6 Å². The topological polar surface area (TPSA) is 99.7 Å². The van der Waals surface area contributed by atoms with Crippen LogP contribution >= 0.6 is 0 Å². The molecule has 0 aromatic heterocycles. The molecule has 0 heterocycles. The van der Waals surface area contributed by atoms with Gasteiger partial charge in [0.05, 0.1) is 6.54 Å². The van der Waals surface area contributed by atoms with Gasteiger partial charge in [-0.05, 0) is 24.3 Å². The molecule has 16 heavy (non-hydrogen) atoms. The van der Waals surface area contributed by atoms with Crippen LogP contribution in [0.5, 0.6) is 0 Å². The average molecular weight is 226 g/mol. The first-order valence-electron chi connectivity index (χ1n) is 4.38. The van der Waals surface area contributed by atoms with Crippen LogP contribution in [0.15, 0.2) is 29.4 Å². The number of carbonyl (C=O) groups excluding carboxylic acids is 1. The number of amides is 2. The standard InChI is InChI=1S/C9H11FN4O2/c10-6-1-3-7(4-2-6)13-9(15)12-5-8(11)14-16/h1-4,16H,5H2,(H2,11,14)(H2,12,13,15). The Balaban J connectivity index is 2.43. The lowest BCUT2D eigenvalue weighted by atomic mass is 10.3. The summed E-state index contributed by atoms with van der Waals surface area (Å²) in [5, 5.41) is 15.7. The second-order valence-corrected chi connectivity index (χ2v) is 2.91. The van der Waals surface area contributed by atoms with Crippen LogP contribution in [0.1, 0.15) is 0 Å². The highest BCUT2D eigenvalue weighted by molar-refractivity contribution is 5.92. The zero-order valence-corrected chi connectivity index (χ0v) is 8.27. The van der Waals surface area contributed by atoms with Crippen molar-refractivity contribution >= 4 is 17.6 Å². The predicted octanol–water partition coefficient (Wildman–Crippen LogP) is 0.694. The van der Waals surface area contributed by atoms with Gasteiger partial charge in [0, 0.05) is 5.69 Å². The number of nitrogens with one attached hydrogen (secondary N) is 2. The molecule has 0 spiro atoms. The lowest BCUT2D eigenvalue weighted by molar-refractivity contribution is 0.253. The second-order valence-electron chi connectivity index (χ2n) is 2.91. The summed E-state index contributed by atoms with van der Waals surface area (Å²) in [5.74, 6) is -0.503. The largest absolute Gasteiger partial charge is 0.409 e. The van der Waals surface area contributed by atoms with Gasteiger partial charge in [0.2, 0.25) is 0 Å². The van der Waals surface area contributed by atoms with Gasteiger partial charge in [-0.2, -0.15) is 0 Å². The summed E-state index contributed by atoms with van der Waals surface area (Å²) in [7, 11) is 0. The number of benzene rings is 1. The molecule has 0 saturated carbocycles. The van der Waals surface area contributed by atoms with Gasteiger partial charge in [-0.25, -0.2) is 9.18 Å². The highest BCUT2D eigenvalue weighted by Gasteiger charge is 2.02. The van der Waals surface area contributed by atoms with Crippen LogP contribution in [0, 0.1) is 5.82 Å². The van der Waals surface area contributed by atoms with Gasteiger partial charge in [0.25, 0.3) is 0 Å². The maximum absolute atomic E-state index is 12.5. The first kappa shape index (κ1) is 11.8. The van der Waals surface area contributed by atoms with Gasteiger partial charge < -0.3 is 21.6 Å². The quantitative estimate of drug-likeness (QED) is 0.264. The number of urea groups is 1. The number of hydrogen-bond donors (Lipinski definition) is 4. The molecule has 86 valence electrons. The van der Waals surface area contributed by atoms with E-state index in [0.29, 0.717) is 5.69 Å². The fourth-order valence-corrected chi connectivity index (χ4v) is 0.915. The van der Waals surface area contributed by atoms with Crippen molar-refractivity contribution in [1.29, 1.82) is 0 Å². The summed E-state index contributed by atoms with van der Waals surface area (Å²) in [6, 6.07) is 4.74. The minimum Gasteiger partial charge on any atom is -0.409 e. The molecule has 7 heteroatoms. The molecule has 6 nitrogen and oxygen atoms in total. The van der Waals surface area contributed by atoms with Crippen molar-refractivity contribution in [1.82, 2.24) is 5.32 Å². The van der Waals surface area contributed by atoms with Crippen molar-refractivity contribution in [2.24, 2.45) is 10.9 Å². The van der Waals surface area contributed by atoms with Gasteiger partial charge in [-0.1, -0.05) is 5.16 Å². The van der Waals surface area contributed by atoms with Crippen molar-refractivity contribution in [3.05, 3.63) is 30.1 Å². The lowest BCUT2D eigenvalue weighted by Crippen LogP contribution is -2.36. The maximum atomic E-state index is 12.5. The summed E-state index contributed by atoms with van der Waals surface area (Å²) in [6.45, 7) is -0.0798. The highest BCUT2D eigenvalue weighted by atomic mass is 19.1. The van der Waals surface area contributed by atoms with Crippen LogP contribution in [-0.2, 0) is 0 Å². The number of amidine groups is 1. The van der Waals surface area contributed by atoms with Crippen LogP contribution in [0.2, 0.25) is 0 Å². The van der Waals surface area contributed by atoms with Crippen LogP contribution in [0.3, 0.4) is 0 Å². The van der Waals surface area contributed by atoms with Crippen molar-refractivity contribution in [3.63, 3.8) is 0 Å². The van der Waals surface area contributed by atoms with Gasteiger partial charge in [0.15, 0.2) is 5.84 Å². The Bertz CT molecular complexity index is 391. The van der Waals surface area contributed by atoms with Gasteiger partial charge in [0.1, 0.15) is 5.82 Å².